The molecule has 0 bridgehead atoms. The van der Waals surface area contributed by atoms with Gasteiger partial charge in [-0.05, 0) is 36.2 Å². The number of para-hydroxylation sites is 1. The van der Waals surface area contributed by atoms with Crippen LogP contribution in [-0.2, 0) is 11.3 Å². The molecule has 2 aromatic carbocycles. The summed E-state index contributed by atoms with van der Waals surface area (Å²) in [5.74, 6) is 0.650. The van der Waals surface area contributed by atoms with E-state index in [9.17, 15) is 9.18 Å². The topological polar surface area (TPSA) is 77.2 Å². The fourth-order valence-corrected chi connectivity index (χ4v) is 2.99. The molecule has 0 spiro atoms. The number of ether oxygens (including phenoxy) is 1. The Morgan fingerprint density at radius 1 is 1.26 bits per heavy atom. The Morgan fingerprint density at radius 3 is 2.85 bits per heavy atom. The van der Waals surface area contributed by atoms with Crippen LogP contribution < -0.4 is 10.1 Å². The molecule has 0 saturated heterocycles. The van der Waals surface area contributed by atoms with Crippen molar-refractivity contribution < 1.29 is 18.3 Å². The zero-order valence-electron chi connectivity index (χ0n) is 14.9. The largest absolute Gasteiger partial charge is 0.496 e. The lowest BCUT2D eigenvalue weighted by Gasteiger charge is -2.06. The number of thioether (sulfide) groups is 1. The van der Waals surface area contributed by atoms with Gasteiger partial charge in [0.1, 0.15) is 11.6 Å². The minimum Gasteiger partial charge on any atom is -0.496 e. The van der Waals surface area contributed by atoms with E-state index >= 15 is 0 Å². The molecule has 0 aliphatic carbocycles. The first-order valence-corrected chi connectivity index (χ1v) is 9.17. The SMILES string of the molecule is COc1ccccc1-c1nnc(SCC(=O)NCc2ccc(F)c(C)c2)o1. The Hall–Kier alpha value is -2.87. The lowest BCUT2D eigenvalue weighted by molar-refractivity contribution is -0.118. The van der Waals surface area contributed by atoms with Gasteiger partial charge >= 0.3 is 0 Å². The molecular formula is C19H18FN3O3S. The number of rotatable bonds is 7. The van der Waals surface area contributed by atoms with Crippen molar-refractivity contribution in [2.45, 2.75) is 18.7 Å². The number of halogens is 1. The Kier molecular flexibility index (Phi) is 6.08. The number of aryl methyl sites for hydroxylation is 1. The van der Waals surface area contributed by atoms with Crippen molar-refractivity contribution in [1.29, 1.82) is 0 Å². The number of nitrogens with one attached hydrogen (secondary N) is 1. The number of methoxy groups -OCH3 is 1. The highest BCUT2D eigenvalue weighted by Crippen LogP contribution is 2.30. The van der Waals surface area contributed by atoms with Crippen molar-refractivity contribution in [3.05, 3.63) is 59.4 Å². The van der Waals surface area contributed by atoms with Crippen molar-refractivity contribution in [2.75, 3.05) is 12.9 Å². The van der Waals surface area contributed by atoms with Gasteiger partial charge in [0.2, 0.25) is 5.91 Å². The van der Waals surface area contributed by atoms with Gasteiger partial charge in [-0.15, -0.1) is 10.2 Å². The van der Waals surface area contributed by atoms with Crippen LogP contribution in [-0.4, -0.2) is 29.0 Å². The van der Waals surface area contributed by atoms with E-state index in [-0.39, 0.29) is 17.5 Å². The normalized spacial score (nSPS) is 10.6. The highest BCUT2D eigenvalue weighted by Gasteiger charge is 2.14. The second-order valence-corrected chi connectivity index (χ2v) is 6.65. The summed E-state index contributed by atoms with van der Waals surface area (Å²) in [6, 6.07) is 12.1. The van der Waals surface area contributed by atoms with E-state index in [1.165, 1.54) is 6.07 Å². The summed E-state index contributed by atoms with van der Waals surface area (Å²) in [5.41, 5.74) is 2.07. The quantitative estimate of drug-likeness (QED) is 0.624. The summed E-state index contributed by atoms with van der Waals surface area (Å²) in [4.78, 5) is 12.0. The van der Waals surface area contributed by atoms with Gasteiger partial charge in [0.25, 0.3) is 11.1 Å². The lowest BCUT2D eigenvalue weighted by Crippen LogP contribution is -2.24. The van der Waals surface area contributed by atoms with E-state index in [1.54, 1.807) is 32.2 Å². The van der Waals surface area contributed by atoms with Gasteiger partial charge < -0.3 is 14.5 Å². The van der Waals surface area contributed by atoms with Crippen LogP contribution in [0.1, 0.15) is 11.1 Å². The first-order valence-electron chi connectivity index (χ1n) is 8.18. The fraction of sp³-hybridized carbons (Fsp3) is 0.211. The van der Waals surface area contributed by atoms with E-state index in [2.05, 4.69) is 15.5 Å². The van der Waals surface area contributed by atoms with Crippen LogP contribution in [0.25, 0.3) is 11.5 Å². The van der Waals surface area contributed by atoms with E-state index in [0.717, 1.165) is 17.3 Å². The van der Waals surface area contributed by atoms with Crippen LogP contribution in [0.2, 0.25) is 0 Å². The van der Waals surface area contributed by atoms with E-state index in [1.807, 2.05) is 18.2 Å². The first kappa shape index (κ1) is 18.9. The molecule has 3 rings (SSSR count). The molecule has 0 fully saturated rings. The molecule has 140 valence electrons. The number of benzene rings is 2. The molecule has 8 heteroatoms. The summed E-state index contributed by atoms with van der Waals surface area (Å²) in [6.07, 6.45) is 0. The molecule has 1 heterocycles. The average molecular weight is 387 g/mol. The van der Waals surface area contributed by atoms with Gasteiger partial charge in [0.15, 0.2) is 0 Å². The number of carbonyl (C=O) groups excluding carboxylic acids is 1. The third-order valence-electron chi connectivity index (χ3n) is 3.78. The number of nitrogens with zero attached hydrogens (tertiary/aromatic N) is 2. The van der Waals surface area contributed by atoms with Crippen LogP contribution in [0.4, 0.5) is 4.39 Å². The van der Waals surface area contributed by atoms with Crippen molar-refractivity contribution >= 4 is 17.7 Å². The lowest BCUT2D eigenvalue weighted by atomic mass is 10.1. The van der Waals surface area contributed by atoms with Gasteiger partial charge in [-0.25, -0.2) is 4.39 Å². The maximum atomic E-state index is 13.3. The standard InChI is InChI=1S/C19H18FN3O3S/c1-12-9-13(7-8-15(12)20)10-21-17(24)11-27-19-23-22-18(26-19)14-5-3-4-6-16(14)25-2/h3-9H,10-11H2,1-2H3,(H,21,24). The van der Waals surface area contributed by atoms with E-state index in [0.29, 0.717) is 34.5 Å². The molecule has 1 N–H and O–H groups in total. The molecule has 6 nitrogen and oxygen atoms in total. The molecule has 0 atom stereocenters. The smallest absolute Gasteiger partial charge is 0.277 e. The van der Waals surface area contributed by atoms with Crippen LogP contribution >= 0.6 is 11.8 Å². The Morgan fingerprint density at radius 2 is 2.07 bits per heavy atom. The minimum absolute atomic E-state index is 0.133. The van der Waals surface area contributed by atoms with Gasteiger partial charge in [0, 0.05) is 6.54 Å². The zero-order valence-corrected chi connectivity index (χ0v) is 15.7. The molecule has 1 amide bonds. The first-order chi connectivity index (χ1) is 13.1. The van der Waals surface area contributed by atoms with Crippen molar-refractivity contribution in [3.63, 3.8) is 0 Å². The molecule has 0 saturated carbocycles. The number of hydrogen-bond acceptors (Lipinski definition) is 6. The Bertz CT molecular complexity index is 945. The summed E-state index contributed by atoms with van der Waals surface area (Å²) >= 11 is 1.15. The molecule has 0 unspecified atom stereocenters. The predicted octanol–water partition coefficient (Wildman–Crippen LogP) is 3.60. The third kappa shape index (κ3) is 4.85. The Labute approximate surface area is 160 Å². The maximum Gasteiger partial charge on any atom is 0.277 e. The van der Waals surface area contributed by atoms with Crippen LogP contribution in [0.15, 0.2) is 52.1 Å². The van der Waals surface area contributed by atoms with Gasteiger partial charge in [-0.1, -0.05) is 36.0 Å². The van der Waals surface area contributed by atoms with Gasteiger partial charge in [-0.3, -0.25) is 4.79 Å². The molecule has 0 aliphatic rings. The monoisotopic (exact) mass is 387 g/mol. The summed E-state index contributed by atoms with van der Waals surface area (Å²) < 4.78 is 24.1. The molecule has 3 aromatic rings. The van der Waals surface area contributed by atoms with Crippen LogP contribution in [0.5, 0.6) is 5.75 Å². The fourth-order valence-electron chi connectivity index (χ4n) is 2.39. The van der Waals surface area contributed by atoms with E-state index in [4.69, 9.17) is 9.15 Å². The van der Waals surface area contributed by atoms with Crippen molar-refractivity contribution in [3.8, 4) is 17.2 Å². The second-order valence-electron chi connectivity index (χ2n) is 5.72. The summed E-state index contributed by atoms with van der Waals surface area (Å²) in [5, 5.41) is 11.0. The van der Waals surface area contributed by atoms with Crippen LogP contribution in [0.3, 0.4) is 0 Å². The summed E-state index contributed by atoms with van der Waals surface area (Å²) in [7, 11) is 1.57. The molecule has 27 heavy (non-hydrogen) atoms. The highest BCUT2D eigenvalue weighted by atomic mass is 32.2. The minimum atomic E-state index is -0.261. The van der Waals surface area contributed by atoms with Gasteiger partial charge in [-0.2, -0.15) is 0 Å². The number of carbonyl (C=O) groups is 1. The highest BCUT2D eigenvalue weighted by molar-refractivity contribution is 7.99. The molecule has 0 radical (unpaired) electrons. The molecular weight excluding hydrogens is 369 g/mol. The van der Waals surface area contributed by atoms with Crippen molar-refractivity contribution in [1.82, 2.24) is 15.5 Å². The van der Waals surface area contributed by atoms with E-state index < -0.39 is 0 Å². The maximum absolute atomic E-state index is 13.3. The third-order valence-corrected chi connectivity index (χ3v) is 4.60. The van der Waals surface area contributed by atoms with Crippen LogP contribution in [0, 0.1) is 12.7 Å². The number of hydrogen-bond donors (Lipinski definition) is 1. The predicted molar refractivity (Wildman–Crippen MR) is 100.0 cm³/mol. The number of amides is 1. The average Bonchev–Trinajstić information content (AvgIpc) is 3.16. The molecule has 1 aromatic heterocycles. The second kappa shape index (κ2) is 8.68. The summed E-state index contributed by atoms with van der Waals surface area (Å²) in [6.45, 7) is 2.02. The van der Waals surface area contributed by atoms with Gasteiger partial charge in [0.05, 0.1) is 18.4 Å². The molecule has 0 aliphatic heterocycles. The zero-order chi connectivity index (χ0) is 19.2. The van der Waals surface area contributed by atoms with Crippen molar-refractivity contribution in [2.24, 2.45) is 0 Å². The number of aromatic nitrogens is 2. The Balaban J connectivity index is 1.53.